The number of anilines is 2. The highest BCUT2D eigenvalue weighted by Crippen LogP contribution is 2.25. The van der Waals surface area contributed by atoms with Crippen molar-refractivity contribution in [1.82, 2.24) is 14.8 Å². The van der Waals surface area contributed by atoms with Crippen LogP contribution >= 0.6 is 0 Å². The maximum absolute atomic E-state index is 4.47. The molecule has 0 unspecified atom stereocenters. The van der Waals surface area contributed by atoms with Gasteiger partial charge in [-0.05, 0) is 36.4 Å². The van der Waals surface area contributed by atoms with Gasteiger partial charge in [0.1, 0.15) is 0 Å². The number of nitrogens with zero attached hydrogens (tertiary/aromatic N) is 3. The molecule has 0 aliphatic heterocycles. The van der Waals surface area contributed by atoms with E-state index in [0.29, 0.717) is 0 Å². The fourth-order valence-electron chi connectivity index (χ4n) is 2.51. The molecule has 0 fully saturated rings. The van der Waals surface area contributed by atoms with Gasteiger partial charge in [0.15, 0.2) is 0 Å². The van der Waals surface area contributed by atoms with Crippen LogP contribution in [0.15, 0.2) is 79.3 Å². The van der Waals surface area contributed by atoms with Crippen LogP contribution in [0, 0.1) is 0 Å². The number of hydrogen-bond acceptors (Lipinski definition) is 3. The molecule has 0 amide bonds. The first kappa shape index (κ1) is 12.6. The largest absolute Gasteiger partial charge is 0.354 e. The van der Waals surface area contributed by atoms with Crippen molar-refractivity contribution < 1.29 is 0 Å². The van der Waals surface area contributed by atoms with Crippen LogP contribution in [0.25, 0.3) is 16.6 Å². The zero-order chi connectivity index (χ0) is 14.8. The Morgan fingerprint density at radius 2 is 1.77 bits per heavy atom. The monoisotopic (exact) mass is 286 g/mol. The van der Waals surface area contributed by atoms with Crippen molar-refractivity contribution in [3.05, 3.63) is 79.3 Å². The van der Waals surface area contributed by atoms with Crippen molar-refractivity contribution in [2.24, 2.45) is 0 Å². The molecule has 2 heterocycles. The molecule has 0 atom stereocenters. The van der Waals surface area contributed by atoms with Crippen molar-refractivity contribution in [1.29, 1.82) is 0 Å². The molecular weight excluding hydrogens is 272 g/mol. The summed E-state index contributed by atoms with van der Waals surface area (Å²) in [5.74, 6) is 0. The van der Waals surface area contributed by atoms with Crippen LogP contribution in [0.5, 0.6) is 0 Å². The predicted octanol–water partition coefficient (Wildman–Crippen LogP) is 4.16. The Morgan fingerprint density at radius 3 is 2.68 bits per heavy atom. The van der Waals surface area contributed by atoms with E-state index in [2.05, 4.69) is 33.6 Å². The predicted molar refractivity (Wildman–Crippen MR) is 88.6 cm³/mol. The quantitative estimate of drug-likeness (QED) is 0.615. The molecule has 2 aromatic heterocycles. The molecule has 0 bridgehead atoms. The summed E-state index contributed by atoms with van der Waals surface area (Å²) in [5, 5.41) is 8.83. The maximum atomic E-state index is 4.47. The van der Waals surface area contributed by atoms with Gasteiger partial charge in [0.2, 0.25) is 0 Å². The minimum absolute atomic E-state index is 0.967. The second-order valence-corrected chi connectivity index (χ2v) is 5.01. The van der Waals surface area contributed by atoms with E-state index < -0.39 is 0 Å². The summed E-state index contributed by atoms with van der Waals surface area (Å²) in [6, 6.07) is 20.2. The fourth-order valence-corrected chi connectivity index (χ4v) is 2.51. The number of nitrogens with one attached hydrogen (secondary N) is 1. The molecular formula is C18H14N4. The van der Waals surface area contributed by atoms with Gasteiger partial charge in [0.25, 0.3) is 0 Å². The zero-order valence-corrected chi connectivity index (χ0v) is 11.8. The average Bonchev–Trinajstić information content (AvgIpc) is 3.10. The number of fused-ring (bicyclic) bond motifs is 1. The number of rotatable bonds is 3. The third-order valence-electron chi connectivity index (χ3n) is 3.53. The SMILES string of the molecule is c1cc(Nc2cccc3cccnc23)cc(-n2cccn2)c1. The van der Waals surface area contributed by atoms with E-state index in [1.54, 1.807) is 6.20 Å². The van der Waals surface area contributed by atoms with Crippen LogP contribution in [0.2, 0.25) is 0 Å². The lowest BCUT2D eigenvalue weighted by atomic mass is 10.2. The summed E-state index contributed by atoms with van der Waals surface area (Å²) >= 11 is 0. The molecule has 0 radical (unpaired) electrons. The second-order valence-electron chi connectivity index (χ2n) is 5.01. The highest BCUT2D eigenvalue weighted by atomic mass is 15.3. The Labute approximate surface area is 128 Å². The van der Waals surface area contributed by atoms with Gasteiger partial charge in [-0.25, -0.2) is 4.68 Å². The van der Waals surface area contributed by atoms with Gasteiger partial charge in [-0.3, -0.25) is 4.98 Å². The minimum atomic E-state index is 0.967. The first-order chi connectivity index (χ1) is 10.9. The van der Waals surface area contributed by atoms with E-state index >= 15 is 0 Å². The Hall–Kier alpha value is -3.14. The van der Waals surface area contributed by atoms with E-state index in [-0.39, 0.29) is 0 Å². The van der Waals surface area contributed by atoms with Crippen LogP contribution in [-0.4, -0.2) is 14.8 Å². The summed E-state index contributed by atoms with van der Waals surface area (Å²) in [4.78, 5) is 4.47. The molecule has 2 aromatic carbocycles. The van der Waals surface area contributed by atoms with E-state index in [9.17, 15) is 0 Å². The Bertz CT molecular complexity index is 908. The molecule has 4 aromatic rings. The van der Waals surface area contributed by atoms with Gasteiger partial charge >= 0.3 is 0 Å². The standard InChI is InChI=1S/C18H14N4/c1-5-14-6-3-10-19-18(14)17(9-1)21-15-7-2-8-16(13-15)22-12-4-11-20-22/h1-13,21H. The molecule has 0 saturated heterocycles. The summed E-state index contributed by atoms with van der Waals surface area (Å²) in [7, 11) is 0. The van der Waals surface area contributed by atoms with Gasteiger partial charge in [-0.15, -0.1) is 0 Å². The van der Waals surface area contributed by atoms with Crippen molar-refractivity contribution in [3.8, 4) is 5.69 Å². The molecule has 4 heteroatoms. The summed E-state index contributed by atoms with van der Waals surface area (Å²) in [6.07, 6.45) is 5.51. The Balaban J connectivity index is 1.73. The molecule has 0 saturated carbocycles. The minimum Gasteiger partial charge on any atom is -0.354 e. The van der Waals surface area contributed by atoms with Crippen LogP contribution in [0.1, 0.15) is 0 Å². The molecule has 0 aliphatic rings. The molecule has 106 valence electrons. The first-order valence-corrected chi connectivity index (χ1v) is 7.11. The van der Waals surface area contributed by atoms with Gasteiger partial charge in [0.05, 0.1) is 16.9 Å². The van der Waals surface area contributed by atoms with Crippen LogP contribution in [0.3, 0.4) is 0 Å². The number of para-hydroxylation sites is 1. The summed E-state index contributed by atoms with van der Waals surface area (Å²) < 4.78 is 1.84. The lowest BCUT2D eigenvalue weighted by Gasteiger charge is -2.10. The number of aromatic nitrogens is 3. The lowest BCUT2D eigenvalue weighted by Crippen LogP contribution is -1.97. The van der Waals surface area contributed by atoms with Crippen molar-refractivity contribution in [2.75, 3.05) is 5.32 Å². The van der Waals surface area contributed by atoms with E-state index in [4.69, 9.17) is 0 Å². The van der Waals surface area contributed by atoms with Crippen molar-refractivity contribution in [2.45, 2.75) is 0 Å². The van der Waals surface area contributed by atoms with Crippen molar-refractivity contribution >= 4 is 22.3 Å². The average molecular weight is 286 g/mol. The van der Waals surface area contributed by atoms with Crippen LogP contribution in [0.4, 0.5) is 11.4 Å². The molecule has 4 nitrogen and oxygen atoms in total. The summed E-state index contributed by atoms with van der Waals surface area (Å²) in [5.41, 5.74) is 3.99. The molecule has 4 rings (SSSR count). The van der Waals surface area contributed by atoms with E-state index in [1.807, 2.05) is 59.5 Å². The lowest BCUT2D eigenvalue weighted by molar-refractivity contribution is 0.881. The third kappa shape index (κ3) is 2.31. The topological polar surface area (TPSA) is 42.7 Å². The van der Waals surface area contributed by atoms with Gasteiger partial charge in [0, 0.05) is 29.7 Å². The van der Waals surface area contributed by atoms with Gasteiger partial charge < -0.3 is 5.32 Å². The smallest absolute Gasteiger partial charge is 0.0936 e. The third-order valence-corrected chi connectivity index (χ3v) is 3.53. The number of benzene rings is 2. The van der Waals surface area contributed by atoms with Crippen LogP contribution in [-0.2, 0) is 0 Å². The normalized spacial score (nSPS) is 10.7. The highest BCUT2D eigenvalue weighted by Gasteiger charge is 2.03. The van der Waals surface area contributed by atoms with Crippen molar-refractivity contribution in [3.63, 3.8) is 0 Å². The first-order valence-electron chi connectivity index (χ1n) is 7.11. The Kier molecular flexibility index (Phi) is 3.05. The molecule has 0 spiro atoms. The highest BCUT2D eigenvalue weighted by molar-refractivity contribution is 5.92. The van der Waals surface area contributed by atoms with E-state index in [1.165, 1.54) is 0 Å². The number of pyridine rings is 1. The molecule has 22 heavy (non-hydrogen) atoms. The van der Waals surface area contributed by atoms with Gasteiger partial charge in [-0.1, -0.05) is 24.3 Å². The zero-order valence-electron chi connectivity index (χ0n) is 11.8. The number of hydrogen-bond donors (Lipinski definition) is 1. The second kappa shape index (κ2) is 5.33. The molecule has 1 N–H and O–H groups in total. The van der Waals surface area contributed by atoms with Crippen LogP contribution < -0.4 is 5.32 Å². The maximum Gasteiger partial charge on any atom is 0.0936 e. The van der Waals surface area contributed by atoms with Gasteiger partial charge in [-0.2, -0.15) is 5.10 Å². The summed E-state index contributed by atoms with van der Waals surface area (Å²) in [6.45, 7) is 0. The van der Waals surface area contributed by atoms with E-state index in [0.717, 1.165) is 28.0 Å². The fraction of sp³-hybridized carbons (Fsp3) is 0. The molecule has 0 aliphatic carbocycles. The Morgan fingerprint density at radius 1 is 0.864 bits per heavy atom.